The Labute approximate surface area is 89.8 Å². The number of carbonyl (C=O) groups excluding carboxylic acids is 1. The van der Waals surface area contributed by atoms with Crippen LogP contribution >= 0.6 is 0 Å². The molecule has 16 heavy (non-hydrogen) atoms. The lowest BCUT2D eigenvalue weighted by Crippen LogP contribution is -2.47. The lowest BCUT2D eigenvalue weighted by Gasteiger charge is -2.20. The maximum atomic E-state index is 12.0. The Bertz CT molecular complexity index is 417. The number of anilines is 1. The van der Waals surface area contributed by atoms with Crippen molar-refractivity contribution in [2.45, 2.75) is 12.6 Å². The first-order valence-corrected chi connectivity index (χ1v) is 4.72. The van der Waals surface area contributed by atoms with Crippen molar-refractivity contribution < 1.29 is 18.0 Å². The number of para-hydroxylation sites is 1. The van der Waals surface area contributed by atoms with Gasteiger partial charge in [-0.1, -0.05) is 18.2 Å². The Morgan fingerprint density at radius 2 is 2.00 bits per heavy atom. The van der Waals surface area contributed by atoms with Crippen molar-refractivity contribution in [2.24, 2.45) is 0 Å². The molecule has 1 heterocycles. The van der Waals surface area contributed by atoms with Crippen LogP contribution in [0.5, 0.6) is 0 Å². The number of fused-ring (bicyclic) bond motifs is 1. The van der Waals surface area contributed by atoms with Crippen LogP contribution in [0.15, 0.2) is 24.3 Å². The van der Waals surface area contributed by atoms with Crippen LogP contribution in [-0.4, -0.2) is 18.6 Å². The van der Waals surface area contributed by atoms with Crippen molar-refractivity contribution in [3.8, 4) is 0 Å². The van der Waals surface area contributed by atoms with E-state index in [2.05, 4.69) is 0 Å². The molecule has 1 aromatic carbocycles. The van der Waals surface area contributed by atoms with Gasteiger partial charge >= 0.3 is 12.1 Å². The fourth-order valence-electron chi connectivity index (χ4n) is 1.64. The molecule has 86 valence electrons. The van der Waals surface area contributed by atoms with Crippen molar-refractivity contribution in [2.75, 3.05) is 11.6 Å². The number of amides is 1. The number of halogens is 3. The first kappa shape index (κ1) is 10.8. The molecule has 0 fully saturated rings. The van der Waals surface area contributed by atoms with Gasteiger partial charge in [0.2, 0.25) is 0 Å². The van der Waals surface area contributed by atoms with Gasteiger partial charge in [-0.3, -0.25) is 15.2 Å². The van der Waals surface area contributed by atoms with Crippen molar-refractivity contribution in [3.63, 3.8) is 0 Å². The molecule has 0 aliphatic carbocycles. The number of rotatable bonds is 1. The van der Waals surface area contributed by atoms with E-state index >= 15 is 0 Å². The highest BCUT2D eigenvalue weighted by Crippen LogP contribution is 2.26. The fraction of sp³-hybridized carbons (Fsp3) is 0.300. The summed E-state index contributed by atoms with van der Waals surface area (Å²) < 4.78 is 36.1. The van der Waals surface area contributed by atoms with Crippen LogP contribution in [0.4, 0.5) is 18.9 Å². The monoisotopic (exact) mass is 230 g/mol. The fourth-order valence-corrected chi connectivity index (χ4v) is 1.64. The summed E-state index contributed by atoms with van der Waals surface area (Å²) in [6.45, 7) is 0.362. The van der Waals surface area contributed by atoms with Crippen molar-refractivity contribution in [1.29, 1.82) is 0 Å². The number of carbonyl (C=O) groups is 1. The minimum Gasteiger partial charge on any atom is -0.285 e. The average molecular weight is 230 g/mol. The van der Waals surface area contributed by atoms with Gasteiger partial charge in [-0.05, 0) is 18.1 Å². The van der Waals surface area contributed by atoms with Gasteiger partial charge in [0, 0.05) is 6.54 Å². The number of nitrogens with one attached hydrogen (secondary N) is 1. The number of hydrogen-bond acceptors (Lipinski definition) is 2. The van der Waals surface area contributed by atoms with Crippen molar-refractivity contribution in [3.05, 3.63) is 29.8 Å². The summed E-state index contributed by atoms with van der Waals surface area (Å²) in [6, 6.07) is 7.04. The second-order valence-electron chi connectivity index (χ2n) is 3.47. The van der Waals surface area contributed by atoms with Gasteiger partial charge in [0.15, 0.2) is 0 Å². The molecule has 0 saturated carbocycles. The number of hydrogen-bond donors (Lipinski definition) is 1. The minimum atomic E-state index is -4.85. The second-order valence-corrected chi connectivity index (χ2v) is 3.47. The van der Waals surface area contributed by atoms with Crippen LogP contribution in [0.2, 0.25) is 0 Å². The number of benzene rings is 1. The first-order valence-electron chi connectivity index (χ1n) is 4.72. The number of hydrazine groups is 1. The molecule has 1 aliphatic heterocycles. The highest BCUT2D eigenvalue weighted by atomic mass is 19.4. The van der Waals surface area contributed by atoms with Crippen LogP contribution in [0.1, 0.15) is 5.56 Å². The van der Waals surface area contributed by atoms with Gasteiger partial charge < -0.3 is 0 Å². The molecule has 0 radical (unpaired) electrons. The highest BCUT2D eigenvalue weighted by molar-refractivity contribution is 5.83. The molecule has 1 N–H and O–H groups in total. The molecule has 3 nitrogen and oxygen atoms in total. The van der Waals surface area contributed by atoms with E-state index < -0.39 is 12.1 Å². The summed E-state index contributed by atoms with van der Waals surface area (Å²) in [7, 11) is 0. The average Bonchev–Trinajstić information content (AvgIpc) is 2.61. The van der Waals surface area contributed by atoms with Crippen LogP contribution in [0.25, 0.3) is 0 Å². The standard InChI is InChI=1S/C10H9F3N2O/c11-10(12,13)9(16)14-15-6-5-7-3-1-2-4-8(7)15/h1-4H,5-6H2,(H,14,16). The van der Waals surface area contributed by atoms with Crippen LogP contribution < -0.4 is 10.4 Å². The third-order valence-corrected chi connectivity index (χ3v) is 2.38. The van der Waals surface area contributed by atoms with E-state index in [1.165, 1.54) is 5.01 Å². The molecule has 0 unspecified atom stereocenters. The predicted molar refractivity (Wildman–Crippen MR) is 51.7 cm³/mol. The zero-order valence-corrected chi connectivity index (χ0v) is 8.21. The summed E-state index contributed by atoms with van der Waals surface area (Å²) in [5, 5.41) is 1.23. The molecule has 0 aromatic heterocycles. The largest absolute Gasteiger partial charge is 0.472 e. The summed E-state index contributed by atoms with van der Waals surface area (Å²) in [4.78, 5) is 10.8. The lowest BCUT2D eigenvalue weighted by molar-refractivity contribution is -0.173. The van der Waals surface area contributed by atoms with Crippen molar-refractivity contribution >= 4 is 11.6 Å². The zero-order chi connectivity index (χ0) is 11.8. The van der Waals surface area contributed by atoms with E-state index in [0.29, 0.717) is 18.7 Å². The number of nitrogens with zero attached hydrogens (tertiary/aromatic N) is 1. The number of alkyl halides is 3. The van der Waals surface area contributed by atoms with Crippen LogP contribution in [-0.2, 0) is 11.2 Å². The molecule has 0 bridgehead atoms. The van der Waals surface area contributed by atoms with Gasteiger partial charge in [-0.2, -0.15) is 13.2 Å². The molecular weight excluding hydrogens is 221 g/mol. The van der Waals surface area contributed by atoms with E-state index in [-0.39, 0.29) is 0 Å². The summed E-state index contributed by atoms with van der Waals surface area (Å²) in [6.07, 6.45) is -4.22. The molecule has 1 aromatic rings. The smallest absolute Gasteiger partial charge is 0.285 e. The first-order chi connectivity index (χ1) is 7.48. The van der Waals surface area contributed by atoms with E-state index in [1.807, 2.05) is 17.6 Å². The van der Waals surface area contributed by atoms with Gasteiger partial charge in [-0.15, -0.1) is 0 Å². The lowest BCUT2D eigenvalue weighted by atomic mass is 10.2. The maximum Gasteiger partial charge on any atom is 0.472 e. The Hall–Kier alpha value is -1.72. The van der Waals surface area contributed by atoms with Gasteiger partial charge in [0.05, 0.1) is 5.69 Å². The van der Waals surface area contributed by atoms with Gasteiger partial charge in [0.1, 0.15) is 0 Å². The third-order valence-electron chi connectivity index (χ3n) is 2.38. The Kier molecular flexibility index (Phi) is 2.49. The third kappa shape index (κ3) is 1.95. The summed E-state index contributed by atoms with van der Waals surface area (Å²) >= 11 is 0. The van der Waals surface area contributed by atoms with Crippen LogP contribution in [0, 0.1) is 0 Å². The van der Waals surface area contributed by atoms with E-state index in [0.717, 1.165) is 5.56 Å². The predicted octanol–water partition coefficient (Wildman–Crippen LogP) is 1.64. The molecule has 2 rings (SSSR count). The summed E-state index contributed by atoms with van der Waals surface area (Å²) in [5.74, 6) is -1.94. The van der Waals surface area contributed by atoms with E-state index in [4.69, 9.17) is 0 Å². The molecular formula is C10H9F3N2O. The van der Waals surface area contributed by atoms with E-state index in [1.54, 1.807) is 12.1 Å². The van der Waals surface area contributed by atoms with Crippen molar-refractivity contribution in [1.82, 2.24) is 5.43 Å². The maximum absolute atomic E-state index is 12.0. The minimum absolute atomic E-state index is 0.362. The zero-order valence-electron chi connectivity index (χ0n) is 8.21. The van der Waals surface area contributed by atoms with Gasteiger partial charge in [0.25, 0.3) is 0 Å². The second kappa shape index (κ2) is 3.70. The van der Waals surface area contributed by atoms with Crippen LogP contribution in [0.3, 0.4) is 0 Å². The Morgan fingerprint density at radius 1 is 1.31 bits per heavy atom. The molecule has 0 atom stereocenters. The Balaban J connectivity index is 2.12. The Morgan fingerprint density at radius 3 is 2.69 bits per heavy atom. The quantitative estimate of drug-likeness (QED) is 0.795. The molecule has 1 amide bonds. The molecule has 1 aliphatic rings. The molecule has 6 heteroatoms. The SMILES string of the molecule is O=C(NN1CCc2ccccc21)C(F)(F)F. The van der Waals surface area contributed by atoms with E-state index in [9.17, 15) is 18.0 Å². The normalized spacial score (nSPS) is 14.8. The molecule has 0 spiro atoms. The van der Waals surface area contributed by atoms with Gasteiger partial charge in [-0.25, -0.2) is 0 Å². The summed E-state index contributed by atoms with van der Waals surface area (Å²) in [5.41, 5.74) is 3.40. The topological polar surface area (TPSA) is 32.3 Å². The highest BCUT2D eigenvalue weighted by Gasteiger charge is 2.40. The molecule has 0 saturated heterocycles.